The Morgan fingerprint density at radius 1 is 1.29 bits per heavy atom. The lowest BCUT2D eigenvalue weighted by atomic mass is 10.2. The molecule has 0 fully saturated rings. The fourth-order valence-corrected chi connectivity index (χ4v) is 2.02. The first-order valence-corrected chi connectivity index (χ1v) is 6.97. The van der Waals surface area contributed by atoms with E-state index in [1.807, 2.05) is 37.3 Å². The van der Waals surface area contributed by atoms with Gasteiger partial charge in [-0.05, 0) is 25.5 Å². The summed E-state index contributed by atoms with van der Waals surface area (Å²) in [6.45, 7) is 4.21. The average Bonchev–Trinajstić information content (AvgIpc) is 2.46. The lowest BCUT2D eigenvalue weighted by Crippen LogP contribution is -2.32. The molecule has 0 bridgehead atoms. The summed E-state index contributed by atoms with van der Waals surface area (Å²) in [4.78, 5) is 21.8. The molecule has 21 heavy (non-hydrogen) atoms. The molecule has 0 radical (unpaired) electrons. The van der Waals surface area contributed by atoms with E-state index in [4.69, 9.17) is 16.3 Å². The van der Waals surface area contributed by atoms with Gasteiger partial charge in [0.15, 0.2) is 0 Å². The van der Waals surface area contributed by atoms with Gasteiger partial charge in [0, 0.05) is 12.2 Å². The molecule has 0 atom stereocenters. The molecule has 0 aliphatic carbocycles. The number of anilines is 1. The number of carbonyl (C=O) groups is 1. The van der Waals surface area contributed by atoms with Crippen molar-refractivity contribution in [2.24, 2.45) is 0 Å². The Morgan fingerprint density at radius 3 is 2.62 bits per heavy atom. The van der Waals surface area contributed by atoms with Crippen LogP contribution in [0.4, 0.5) is 10.7 Å². The zero-order valence-electron chi connectivity index (χ0n) is 11.9. The average molecular weight is 306 g/mol. The summed E-state index contributed by atoms with van der Waals surface area (Å²) < 4.78 is 5.28. The Bertz CT molecular complexity index is 599. The van der Waals surface area contributed by atoms with Crippen molar-refractivity contribution in [3.8, 4) is 0 Å². The molecule has 0 saturated carbocycles. The lowest BCUT2D eigenvalue weighted by molar-refractivity contribution is 0.147. The Balaban J connectivity index is 2.08. The van der Waals surface area contributed by atoms with Crippen molar-refractivity contribution in [1.29, 1.82) is 0 Å². The summed E-state index contributed by atoms with van der Waals surface area (Å²) in [6, 6.07) is 11.1. The first-order chi connectivity index (χ1) is 10.1. The van der Waals surface area contributed by atoms with Crippen molar-refractivity contribution in [2.45, 2.75) is 20.5 Å². The SMILES string of the molecule is CCN(C(=O)OCc1ccccc1)c1nc(C)cc(Cl)n1. The molecule has 5 nitrogen and oxygen atoms in total. The molecule has 1 aromatic carbocycles. The van der Waals surface area contributed by atoms with Crippen LogP contribution in [0.15, 0.2) is 36.4 Å². The number of aryl methyl sites for hydroxylation is 1. The number of ether oxygens (including phenoxy) is 1. The second-order valence-corrected chi connectivity index (χ2v) is 4.80. The third-order valence-electron chi connectivity index (χ3n) is 2.79. The largest absolute Gasteiger partial charge is 0.444 e. The second-order valence-electron chi connectivity index (χ2n) is 4.42. The highest BCUT2D eigenvalue weighted by molar-refractivity contribution is 6.29. The quantitative estimate of drug-likeness (QED) is 0.810. The van der Waals surface area contributed by atoms with Crippen LogP contribution >= 0.6 is 11.6 Å². The predicted molar refractivity (Wildman–Crippen MR) is 81.4 cm³/mol. The molecule has 6 heteroatoms. The highest BCUT2D eigenvalue weighted by Crippen LogP contribution is 2.15. The zero-order chi connectivity index (χ0) is 15.2. The Morgan fingerprint density at radius 2 is 2.00 bits per heavy atom. The maximum atomic E-state index is 12.2. The van der Waals surface area contributed by atoms with E-state index in [2.05, 4.69) is 9.97 Å². The molecule has 0 aliphatic heterocycles. The number of hydrogen-bond donors (Lipinski definition) is 0. The Hall–Kier alpha value is -2.14. The minimum Gasteiger partial charge on any atom is -0.444 e. The van der Waals surface area contributed by atoms with Gasteiger partial charge in [-0.15, -0.1) is 0 Å². The first-order valence-electron chi connectivity index (χ1n) is 6.59. The molecule has 1 heterocycles. The third kappa shape index (κ3) is 4.16. The monoisotopic (exact) mass is 305 g/mol. The molecule has 2 rings (SSSR count). The summed E-state index contributed by atoms with van der Waals surface area (Å²) in [7, 11) is 0. The fraction of sp³-hybridized carbons (Fsp3) is 0.267. The van der Waals surface area contributed by atoms with Gasteiger partial charge in [0.05, 0.1) is 0 Å². The summed E-state index contributed by atoms with van der Waals surface area (Å²) >= 11 is 5.90. The van der Waals surface area contributed by atoms with Crippen molar-refractivity contribution in [3.05, 3.63) is 52.8 Å². The molecule has 0 N–H and O–H groups in total. The van der Waals surface area contributed by atoms with Crippen molar-refractivity contribution >= 4 is 23.6 Å². The van der Waals surface area contributed by atoms with Crippen molar-refractivity contribution < 1.29 is 9.53 Å². The van der Waals surface area contributed by atoms with Gasteiger partial charge in [-0.1, -0.05) is 41.9 Å². The third-order valence-corrected chi connectivity index (χ3v) is 2.99. The van der Waals surface area contributed by atoms with E-state index in [9.17, 15) is 4.79 Å². The number of amides is 1. The second kappa shape index (κ2) is 7.04. The first kappa shape index (κ1) is 15.3. The van der Waals surface area contributed by atoms with E-state index in [-0.39, 0.29) is 12.6 Å². The fourth-order valence-electron chi connectivity index (χ4n) is 1.79. The van der Waals surface area contributed by atoms with Gasteiger partial charge < -0.3 is 4.74 Å². The van der Waals surface area contributed by atoms with Crippen LogP contribution in [0.1, 0.15) is 18.2 Å². The normalized spacial score (nSPS) is 10.2. The number of benzene rings is 1. The number of hydrogen-bond acceptors (Lipinski definition) is 4. The molecule has 0 aliphatic rings. The van der Waals surface area contributed by atoms with Gasteiger partial charge >= 0.3 is 6.09 Å². The number of rotatable bonds is 4. The maximum Gasteiger partial charge on any atom is 0.417 e. The topological polar surface area (TPSA) is 55.3 Å². The lowest BCUT2D eigenvalue weighted by Gasteiger charge is -2.18. The van der Waals surface area contributed by atoms with Gasteiger partial charge in [-0.25, -0.2) is 19.7 Å². The Labute approximate surface area is 128 Å². The highest BCUT2D eigenvalue weighted by atomic mass is 35.5. The van der Waals surface area contributed by atoms with Crippen LogP contribution in [0.3, 0.4) is 0 Å². The number of nitrogens with zero attached hydrogens (tertiary/aromatic N) is 3. The molecule has 1 aromatic heterocycles. The minimum absolute atomic E-state index is 0.204. The summed E-state index contributed by atoms with van der Waals surface area (Å²) in [5.74, 6) is 0.251. The van der Waals surface area contributed by atoms with E-state index in [0.29, 0.717) is 17.4 Å². The van der Waals surface area contributed by atoms with Crippen LogP contribution in [0.2, 0.25) is 5.15 Å². The summed E-state index contributed by atoms with van der Waals surface area (Å²) in [6.07, 6.45) is -0.497. The molecule has 0 unspecified atom stereocenters. The van der Waals surface area contributed by atoms with Gasteiger partial charge in [-0.2, -0.15) is 0 Å². The van der Waals surface area contributed by atoms with Crippen LogP contribution in [-0.2, 0) is 11.3 Å². The Kier molecular flexibility index (Phi) is 5.11. The van der Waals surface area contributed by atoms with E-state index in [0.717, 1.165) is 5.56 Å². The van der Waals surface area contributed by atoms with E-state index in [1.165, 1.54) is 4.90 Å². The zero-order valence-corrected chi connectivity index (χ0v) is 12.7. The molecule has 110 valence electrons. The van der Waals surface area contributed by atoms with Crippen molar-refractivity contribution in [1.82, 2.24) is 9.97 Å². The number of aromatic nitrogens is 2. The van der Waals surface area contributed by atoms with Crippen LogP contribution in [-0.4, -0.2) is 22.6 Å². The smallest absolute Gasteiger partial charge is 0.417 e. The highest BCUT2D eigenvalue weighted by Gasteiger charge is 2.19. The summed E-state index contributed by atoms with van der Waals surface area (Å²) in [5, 5.41) is 0.298. The molecular weight excluding hydrogens is 290 g/mol. The van der Waals surface area contributed by atoms with Crippen LogP contribution < -0.4 is 4.90 Å². The van der Waals surface area contributed by atoms with E-state index in [1.54, 1.807) is 13.0 Å². The summed E-state index contributed by atoms with van der Waals surface area (Å²) in [5.41, 5.74) is 1.62. The number of carbonyl (C=O) groups excluding carboxylic acids is 1. The van der Waals surface area contributed by atoms with Crippen LogP contribution in [0.5, 0.6) is 0 Å². The maximum absolute atomic E-state index is 12.2. The molecule has 2 aromatic rings. The van der Waals surface area contributed by atoms with Gasteiger partial charge in [0.2, 0.25) is 5.95 Å². The van der Waals surface area contributed by atoms with Gasteiger partial charge in [0.1, 0.15) is 11.8 Å². The number of halogens is 1. The molecule has 0 saturated heterocycles. The van der Waals surface area contributed by atoms with Crippen LogP contribution in [0.25, 0.3) is 0 Å². The van der Waals surface area contributed by atoms with E-state index >= 15 is 0 Å². The van der Waals surface area contributed by atoms with Crippen molar-refractivity contribution in [2.75, 3.05) is 11.4 Å². The minimum atomic E-state index is -0.497. The van der Waals surface area contributed by atoms with Crippen molar-refractivity contribution in [3.63, 3.8) is 0 Å². The standard InChI is InChI=1S/C15H16ClN3O2/c1-3-19(14-17-11(2)9-13(16)18-14)15(20)21-10-12-7-5-4-6-8-12/h4-9H,3,10H2,1-2H3. The predicted octanol–water partition coefficient (Wildman–Crippen LogP) is 3.60. The molecule has 0 spiro atoms. The molecule has 1 amide bonds. The van der Waals surface area contributed by atoms with Gasteiger partial charge in [-0.3, -0.25) is 0 Å². The van der Waals surface area contributed by atoms with Crippen LogP contribution in [0, 0.1) is 6.92 Å². The van der Waals surface area contributed by atoms with E-state index < -0.39 is 6.09 Å². The van der Waals surface area contributed by atoms with Gasteiger partial charge in [0.25, 0.3) is 0 Å². The molecular formula is C15H16ClN3O2.